The average Bonchev–Trinajstić information content (AvgIpc) is 4.18. The first-order valence-corrected chi connectivity index (χ1v) is 29.3. The fourth-order valence-electron chi connectivity index (χ4n) is 9.90. The number of fused-ring (bicyclic) bond motifs is 4. The molecule has 0 spiro atoms. The minimum absolute atomic E-state index is 0. The minimum atomic E-state index is -2.08. The minimum Gasteiger partial charge on any atom is -0.501 e. The normalized spacial score (nSPS) is 12.3. The zero-order chi connectivity index (χ0) is 54.3. The van der Waals surface area contributed by atoms with E-state index in [0.717, 1.165) is 78.2 Å². The number of pyridine rings is 2. The summed E-state index contributed by atoms with van der Waals surface area (Å²) in [6.07, 6.45) is 1.92. The monoisotopic (exact) mass is 1180 g/mol. The van der Waals surface area contributed by atoms with Gasteiger partial charge in [0.15, 0.2) is 5.65 Å². The summed E-state index contributed by atoms with van der Waals surface area (Å²) < 4.78 is 31.3. The van der Waals surface area contributed by atoms with Gasteiger partial charge in [0, 0.05) is 47.1 Å². The van der Waals surface area contributed by atoms with Crippen LogP contribution in [-0.4, -0.2) is 27.6 Å². The summed E-state index contributed by atoms with van der Waals surface area (Å²) in [4.78, 5) is 15.1. The van der Waals surface area contributed by atoms with Crippen molar-refractivity contribution in [1.29, 1.82) is 0 Å². The third-order valence-corrected chi connectivity index (χ3v) is 16.1. The van der Waals surface area contributed by atoms with Gasteiger partial charge in [0.05, 0.1) is 30.7 Å². The zero-order valence-electron chi connectivity index (χ0n) is 46.8. The van der Waals surface area contributed by atoms with E-state index in [4.69, 9.17) is 18.5 Å². The van der Waals surface area contributed by atoms with Crippen LogP contribution in [0.25, 0.3) is 106 Å². The summed E-state index contributed by atoms with van der Waals surface area (Å²) in [6.45, 7) is 13.9. The summed E-state index contributed by atoms with van der Waals surface area (Å²) in [7, 11) is -1.34. The van der Waals surface area contributed by atoms with E-state index in [-0.39, 0.29) is 31.9 Å². The molecule has 4 aromatic heterocycles. The predicted molar refractivity (Wildman–Crippen MR) is 317 cm³/mol. The first kappa shape index (κ1) is 47.9. The maximum atomic E-state index is 7.35. The Bertz CT molecular complexity index is 3990. The molecule has 0 N–H and O–H groups in total. The van der Waals surface area contributed by atoms with Crippen LogP contribution in [0.1, 0.15) is 60.3 Å². The molecular weight excluding hydrogens is 1120 g/mol. The van der Waals surface area contributed by atoms with Crippen molar-refractivity contribution < 1.29 is 28.6 Å². The van der Waals surface area contributed by atoms with Gasteiger partial charge in [-0.3, -0.25) is 4.98 Å². The predicted octanol–water partition coefficient (Wildman–Crippen LogP) is 18.1. The number of rotatable bonds is 10. The first-order chi connectivity index (χ1) is 37.6. The second-order valence-corrected chi connectivity index (χ2v) is 26.0. The van der Waals surface area contributed by atoms with E-state index in [0.29, 0.717) is 11.2 Å². The van der Waals surface area contributed by atoms with Crippen LogP contribution in [0, 0.1) is 19.0 Å². The molecule has 12 aromatic rings. The molecule has 0 bridgehead atoms. The standard InChI is InChI=1S/C54H42N3O.C15H18NSi.Ir/c1-34(2)46-31-42(37-17-10-6-11-18-37)32-47(35(3)4)51(46)57-49-30-29-48(40-19-12-7-13-20-40)55-53(49)56-54(57)45-22-14-21-44-43-28-27-41(33-50(43)58-52(44)45)39-25-23-38(24-26-39)36-15-8-5-9-16-36;1-12-5-7-13(8-6-12)15-10-9-14(11-16-15)17(2,3)4;/h5-21,23-35H,1-4H3;5-7,9-11H,1-4H3;/q2*-1;/i;1D3;. The number of hydrogen-bond donors (Lipinski definition) is 0. The molecule has 0 saturated carbocycles. The Kier molecular flexibility index (Phi) is 13.7. The Balaban J connectivity index is 0.000000284. The third kappa shape index (κ3) is 10.4. The summed E-state index contributed by atoms with van der Waals surface area (Å²) in [5, 5.41) is 3.39. The van der Waals surface area contributed by atoms with Gasteiger partial charge in [-0.05, 0) is 97.6 Å². The van der Waals surface area contributed by atoms with Crippen molar-refractivity contribution in [1.82, 2.24) is 19.5 Å². The number of aryl methyl sites for hydroxylation is 1. The number of aromatic nitrogens is 4. The number of nitrogens with zero attached hydrogens (tertiary/aromatic N) is 4. The van der Waals surface area contributed by atoms with Gasteiger partial charge in [0.1, 0.15) is 5.58 Å². The number of hydrogen-bond acceptors (Lipinski definition) is 4. The van der Waals surface area contributed by atoms with Gasteiger partial charge in [-0.25, -0.2) is 4.98 Å². The molecule has 0 amide bonds. The molecule has 377 valence electrons. The van der Waals surface area contributed by atoms with Crippen LogP contribution < -0.4 is 5.19 Å². The fraction of sp³-hybridized carbons (Fsp3) is 0.145. The van der Waals surface area contributed by atoms with Gasteiger partial charge >= 0.3 is 0 Å². The SMILES string of the molecule is CC(C)c1cc(-c2ccccc2)cc(C(C)C)c1-n1c(-c2[c-]ccc3c2oc2cc(-c4ccc(-c5ccccc5)cc4)ccc23)nc2nc(-c3ccccc3)ccc21.[2H]C([2H])([2H])c1c[c-]c(-c2ccc([Si](C)(C)C)cn2)cc1.[Ir]. The van der Waals surface area contributed by atoms with Crippen molar-refractivity contribution in [2.45, 2.75) is 66.0 Å². The number of imidazole rings is 1. The Morgan fingerprint density at radius 2 is 1.14 bits per heavy atom. The average molecular weight is 1180 g/mol. The molecule has 0 aliphatic carbocycles. The van der Waals surface area contributed by atoms with E-state index in [9.17, 15) is 0 Å². The largest absolute Gasteiger partial charge is 0.501 e. The Morgan fingerprint density at radius 1 is 0.553 bits per heavy atom. The van der Waals surface area contributed by atoms with E-state index in [1.54, 1.807) is 12.1 Å². The Hall–Kier alpha value is -7.80. The van der Waals surface area contributed by atoms with E-state index in [2.05, 4.69) is 215 Å². The van der Waals surface area contributed by atoms with Crippen molar-refractivity contribution in [2.24, 2.45) is 0 Å². The third-order valence-electron chi connectivity index (χ3n) is 14.0. The van der Waals surface area contributed by atoms with Crippen molar-refractivity contribution in [3.8, 4) is 73.0 Å². The second-order valence-electron chi connectivity index (χ2n) is 20.9. The molecule has 76 heavy (non-hydrogen) atoms. The van der Waals surface area contributed by atoms with Crippen LogP contribution in [0.5, 0.6) is 0 Å². The molecule has 0 unspecified atom stereocenters. The van der Waals surface area contributed by atoms with Gasteiger partial charge in [0.25, 0.3) is 0 Å². The second kappa shape index (κ2) is 21.8. The van der Waals surface area contributed by atoms with Crippen LogP contribution in [0.3, 0.4) is 0 Å². The molecule has 12 rings (SSSR count). The van der Waals surface area contributed by atoms with Crippen LogP contribution in [0.4, 0.5) is 0 Å². The maximum Gasteiger partial charge on any atom is 0.168 e. The molecule has 0 fully saturated rings. The summed E-state index contributed by atoms with van der Waals surface area (Å²) >= 11 is 0. The molecule has 5 nitrogen and oxygen atoms in total. The van der Waals surface area contributed by atoms with Crippen molar-refractivity contribution in [3.63, 3.8) is 0 Å². The van der Waals surface area contributed by atoms with E-state index < -0.39 is 14.9 Å². The fourth-order valence-corrected chi connectivity index (χ4v) is 10.9. The molecule has 1 radical (unpaired) electrons. The van der Waals surface area contributed by atoms with Crippen molar-refractivity contribution >= 4 is 46.4 Å². The molecular formula is C69H60IrN4OSi-2. The van der Waals surface area contributed by atoms with Crippen LogP contribution >= 0.6 is 0 Å². The topological polar surface area (TPSA) is 56.7 Å². The van der Waals surface area contributed by atoms with Crippen LogP contribution in [-0.2, 0) is 20.1 Å². The van der Waals surface area contributed by atoms with E-state index in [1.807, 2.05) is 42.6 Å². The summed E-state index contributed by atoms with van der Waals surface area (Å²) in [5.74, 6) is 1.21. The quantitative estimate of drug-likeness (QED) is 0.101. The van der Waals surface area contributed by atoms with E-state index >= 15 is 0 Å². The van der Waals surface area contributed by atoms with Crippen molar-refractivity contribution in [3.05, 3.63) is 235 Å². The van der Waals surface area contributed by atoms with Crippen LogP contribution in [0.15, 0.2) is 211 Å². The smallest absolute Gasteiger partial charge is 0.168 e. The maximum absolute atomic E-state index is 7.35. The molecule has 0 aliphatic rings. The zero-order valence-corrected chi connectivity index (χ0v) is 47.2. The molecule has 0 aliphatic heterocycles. The number of furan rings is 1. The van der Waals surface area contributed by atoms with Crippen molar-refractivity contribution in [2.75, 3.05) is 0 Å². The van der Waals surface area contributed by atoms with Gasteiger partial charge in [0.2, 0.25) is 0 Å². The first-order valence-electron chi connectivity index (χ1n) is 27.3. The molecule has 4 heterocycles. The molecule has 7 heteroatoms. The Morgan fingerprint density at radius 3 is 1.72 bits per heavy atom. The molecule has 0 atom stereocenters. The van der Waals surface area contributed by atoms with Gasteiger partial charge < -0.3 is 14.0 Å². The molecule has 8 aromatic carbocycles. The number of benzene rings is 8. The van der Waals surface area contributed by atoms with E-state index in [1.165, 1.54) is 44.6 Å². The summed E-state index contributed by atoms with van der Waals surface area (Å²) in [5.41, 5.74) is 18.6. The van der Waals surface area contributed by atoms with Gasteiger partial charge in [-0.2, -0.15) is 0 Å². The molecule has 0 saturated heterocycles. The van der Waals surface area contributed by atoms with Crippen LogP contribution in [0.2, 0.25) is 19.6 Å². The van der Waals surface area contributed by atoms with Gasteiger partial charge in [-0.15, -0.1) is 53.6 Å². The summed E-state index contributed by atoms with van der Waals surface area (Å²) in [6, 6.07) is 75.5. The Labute approximate surface area is 466 Å². The van der Waals surface area contributed by atoms with Gasteiger partial charge in [-0.1, -0.05) is 205 Å².